The molecule has 0 bridgehead atoms. The summed E-state index contributed by atoms with van der Waals surface area (Å²) in [4.78, 5) is 23.5. The van der Waals surface area contributed by atoms with E-state index in [-0.39, 0.29) is 5.91 Å². The van der Waals surface area contributed by atoms with E-state index in [1.165, 1.54) is 11.3 Å². The Labute approximate surface area is 162 Å². The lowest BCUT2D eigenvalue weighted by Gasteiger charge is -2.31. The number of likely N-dealkylation sites (tertiary alicyclic amines) is 1. The standard InChI is InChI=1S/C20H22N4O2S/c1-13-6-3-4-8-16(13)19-22-18(26-23-19)10-15-7-5-9-24(11-15)20(25)17-12-27-14(2)21-17/h3-4,6,8,12,15H,5,7,9-11H2,1-2H3/t15-/m1/s1. The number of carbonyl (C=O) groups excluding carboxylic acids is 1. The van der Waals surface area contributed by atoms with Crippen LogP contribution < -0.4 is 0 Å². The molecule has 0 spiro atoms. The zero-order valence-electron chi connectivity index (χ0n) is 15.5. The highest BCUT2D eigenvalue weighted by atomic mass is 32.1. The van der Waals surface area contributed by atoms with Crippen LogP contribution in [0.4, 0.5) is 0 Å². The van der Waals surface area contributed by atoms with Crippen LogP contribution in [0, 0.1) is 19.8 Å². The van der Waals surface area contributed by atoms with Gasteiger partial charge in [-0.15, -0.1) is 11.3 Å². The maximum absolute atomic E-state index is 12.7. The number of carbonyl (C=O) groups is 1. The van der Waals surface area contributed by atoms with Crippen molar-refractivity contribution >= 4 is 17.2 Å². The summed E-state index contributed by atoms with van der Waals surface area (Å²) in [6, 6.07) is 8.01. The summed E-state index contributed by atoms with van der Waals surface area (Å²) in [7, 11) is 0. The molecule has 4 rings (SSSR count). The molecule has 1 aliphatic heterocycles. The van der Waals surface area contributed by atoms with E-state index in [0.29, 0.717) is 36.3 Å². The van der Waals surface area contributed by atoms with Gasteiger partial charge in [0.1, 0.15) is 5.69 Å². The summed E-state index contributed by atoms with van der Waals surface area (Å²) >= 11 is 1.51. The third-order valence-electron chi connectivity index (χ3n) is 4.96. The lowest BCUT2D eigenvalue weighted by Crippen LogP contribution is -2.40. The Balaban J connectivity index is 1.43. The molecular weight excluding hydrogens is 360 g/mol. The first-order valence-electron chi connectivity index (χ1n) is 9.20. The molecule has 2 aromatic heterocycles. The summed E-state index contributed by atoms with van der Waals surface area (Å²) < 4.78 is 5.49. The highest BCUT2D eigenvalue weighted by molar-refractivity contribution is 7.09. The number of thiazole rings is 1. The second kappa shape index (κ2) is 7.60. The van der Waals surface area contributed by atoms with E-state index in [2.05, 4.69) is 15.1 Å². The third kappa shape index (κ3) is 3.93. The quantitative estimate of drug-likeness (QED) is 0.684. The second-order valence-electron chi connectivity index (χ2n) is 7.04. The van der Waals surface area contributed by atoms with Crippen LogP contribution in [0.3, 0.4) is 0 Å². The Morgan fingerprint density at radius 1 is 1.30 bits per heavy atom. The molecule has 0 radical (unpaired) electrons. The summed E-state index contributed by atoms with van der Waals surface area (Å²) in [5, 5.41) is 6.90. The normalized spacial score (nSPS) is 17.3. The molecule has 0 N–H and O–H groups in total. The molecule has 7 heteroatoms. The van der Waals surface area contributed by atoms with E-state index in [4.69, 9.17) is 4.52 Å². The van der Waals surface area contributed by atoms with Crippen LogP contribution in [0.2, 0.25) is 0 Å². The molecule has 1 aliphatic rings. The van der Waals surface area contributed by atoms with E-state index in [0.717, 1.165) is 35.5 Å². The molecule has 1 fully saturated rings. The van der Waals surface area contributed by atoms with Gasteiger partial charge in [-0.1, -0.05) is 29.4 Å². The van der Waals surface area contributed by atoms with E-state index < -0.39 is 0 Å². The zero-order chi connectivity index (χ0) is 18.8. The van der Waals surface area contributed by atoms with Gasteiger partial charge in [-0.3, -0.25) is 4.79 Å². The van der Waals surface area contributed by atoms with Gasteiger partial charge in [0.15, 0.2) is 0 Å². The highest BCUT2D eigenvalue weighted by Crippen LogP contribution is 2.24. The van der Waals surface area contributed by atoms with Gasteiger partial charge in [0.05, 0.1) is 5.01 Å². The van der Waals surface area contributed by atoms with Gasteiger partial charge >= 0.3 is 0 Å². The van der Waals surface area contributed by atoms with E-state index in [1.807, 2.05) is 48.4 Å². The molecule has 0 aliphatic carbocycles. The van der Waals surface area contributed by atoms with Gasteiger partial charge in [-0.2, -0.15) is 4.98 Å². The number of hydrogen-bond donors (Lipinski definition) is 0. The maximum atomic E-state index is 12.7. The predicted molar refractivity (Wildman–Crippen MR) is 104 cm³/mol. The number of aromatic nitrogens is 3. The number of hydrogen-bond acceptors (Lipinski definition) is 6. The van der Waals surface area contributed by atoms with Crippen LogP contribution in [-0.2, 0) is 6.42 Å². The predicted octanol–water partition coefficient (Wildman–Crippen LogP) is 3.90. The Bertz CT molecular complexity index is 949. The van der Waals surface area contributed by atoms with E-state index in [9.17, 15) is 4.79 Å². The summed E-state index contributed by atoms with van der Waals surface area (Å²) in [6.07, 6.45) is 2.74. The largest absolute Gasteiger partial charge is 0.339 e. The Hall–Kier alpha value is -2.54. The minimum absolute atomic E-state index is 0.0233. The van der Waals surface area contributed by atoms with Crippen LogP contribution in [0.5, 0.6) is 0 Å². The molecule has 140 valence electrons. The fraction of sp³-hybridized carbons (Fsp3) is 0.400. The van der Waals surface area contributed by atoms with Crippen molar-refractivity contribution in [1.82, 2.24) is 20.0 Å². The average Bonchev–Trinajstić information content (AvgIpc) is 3.31. The van der Waals surface area contributed by atoms with Crippen LogP contribution >= 0.6 is 11.3 Å². The van der Waals surface area contributed by atoms with Gasteiger partial charge < -0.3 is 9.42 Å². The molecule has 6 nitrogen and oxygen atoms in total. The fourth-order valence-corrected chi connectivity index (χ4v) is 4.14. The van der Waals surface area contributed by atoms with Crippen LogP contribution in [0.15, 0.2) is 34.2 Å². The van der Waals surface area contributed by atoms with E-state index >= 15 is 0 Å². The van der Waals surface area contributed by atoms with E-state index in [1.54, 1.807) is 0 Å². The third-order valence-corrected chi connectivity index (χ3v) is 5.74. The van der Waals surface area contributed by atoms with Crippen molar-refractivity contribution in [2.75, 3.05) is 13.1 Å². The summed E-state index contributed by atoms with van der Waals surface area (Å²) in [5.41, 5.74) is 2.67. The number of benzene rings is 1. The van der Waals surface area contributed by atoms with Crippen molar-refractivity contribution in [3.05, 3.63) is 51.8 Å². The maximum Gasteiger partial charge on any atom is 0.273 e. The van der Waals surface area contributed by atoms with Crippen molar-refractivity contribution in [1.29, 1.82) is 0 Å². The lowest BCUT2D eigenvalue weighted by atomic mass is 9.94. The second-order valence-corrected chi connectivity index (χ2v) is 8.10. The molecule has 0 unspecified atom stereocenters. The summed E-state index contributed by atoms with van der Waals surface area (Å²) in [5.74, 6) is 1.62. The SMILES string of the molecule is Cc1nc(C(=O)N2CCC[C@H](Cc3nc(-c4ccccc4C)no3)C2)cs1. The minimum Gasteiger partial charge on any atom is -0.339 e. The minimum atomic E-state index is 0.0233. The Morgan fingerprint density at radius 2 is 2.15 bits per heavy atom. The molecule has 1 aromatic carbocycles. The van der Waals surface area contributed by atoms with Crippen LogP contribution in [-0.4, -0.2) is 39.0 Å². The lowest BCUT2D eigenvalue weighted by molar-refractivity contribution is 0.0663. The monoisotopic (exact) mass is 382 g/mol. The fourth-order valence-electron chi connectivity index (χ4n) is 3.56. The molecule has 1 amide bonds. The Kier molecular flexibility index (Phi) is 5.03. The molecule has 3 heterocycles. The van der Waals surface area contributed by atoms with Crippen LogP contribution in [0.1, 0.15) is 39.8 Å². The van der Waals surface area contributed by atoms with Crippen molar-refractivity contribution in [3.8, 4) is 11.4 Å². The summed E-state index contributed by atoms with van der Waals surface area (Å²) in [6.45, 7) is 5.44. The van der Waals surface area contributed by atoms with Gasteiger partial charge in [-0.25, -0.2) is 4.98 Å². The van der Waals surface area contributed by atoms with Gasteiger partial charge in [-0.05, 0) is 38.2 Å². The Morgan fingerprint density at radius 3 is 2.93 bits per heavy atom. The van der Waals surface area contributed by atoms with Gasteiger partial charge in [0.25, 0.3) is 5.91 Å². The first kappa shape index (κ1) is 17.9. The van der Waals surface area contributed by atoms with Gasteiger partial charge in [0.2, 0.25) is 11.7 Å². The molecular formula is C20H22N4O2S. The molecule has 27 heavy (non-hydrogen) atoms. The van der Waals surface area contributed by atoms with Crippen molar-refractivity contribution in [3.63, 3.8) is 0 Å². The van der Waals surface area contributed by atoms with Gasteiger partial charge in [0, 0.05) is 30.5 Å². The molecule has 1 atom stereocenters. The van der Waals surface area contributed by atoms with Crippen molar-refractivity contribution in [2.24, 2.45) is 5.92 Å². The number of piperidine rings is 1. The number of aryl methyl sites for hydroxylation is 2. The smallest absolute Gasteiger partial charge is 0.273 e. The van der Waals surface area contributed by atoms with Crippen molar-refractivity contribution < 1.29 is 9.32 Å². The average molecular weight is 382 g/mol. The van der Waals surface area contributed by atoms with Crippen LogP contribution in [0.25, 0.3) is 11.4 Å². The van der Waals surface area contributed by atoms with Crippen molar-refractivity contribution in [2.45, 2.75) is 33.1 Å². The number of nitrogens with zero attached hydrogens (tertiary/aromatic N) is 4. The first-order chi connectivity index (χ1) is 13.1. The topological polar surface area (TPSA) is 72.1 Å². The first-order valence-corrected chi connectivity index (χ1v) is 10.1. The molecule has 1 saturated heterocycles. The number of rotatable bonds is 4. The molecule has 3 aromatic rings. The number of amides is 1. The highest BCUT2D eigenvalue weighted by Gasteiger charge is 2.27. The zero-order valence-corrected chi connectivity index (χ0v) is 16.3. The molecule has 0 saturated carbocycles.